The second kappa shape index (κ2) is 3.66. The van der Waals surface area contributed by atoms with Crippen molar-refractivity contribution >= 4 is 5.97 Å². The summed E-state index contributed by atoms with van der Waals surface area (Å²) in [5.41, 5.74) is 0. The normalized spacial score (nSPS) is 26.2. The number of aliphatic carboxylic acids is 1. The summed E-state index contributed by atoms with van der Waals surface area (Å²) in [6.07, 6.45) is 6.93. The zero-order valence-corrected chi connectivity index (χ0v) is 7.83. The van der Waals surface area contributed by atoms with Crippen LogP contribution in [0.2, 0.25) is 0 Å². The second-order valence-corrected chi connectivity index (χ2v) is 4.30. The van der Waals surface area contributed by atoms with E-state index in [4.69, 9.17) is 5.11 Å². The fourth-order valence-electron chi connectivity index (χ4n) is 2.20. The Balaban J connectivity index is 1.90. The molecule has 2 aliphatic rings. The third-order valence-electron chi connectivity index (χ3n) is 3.13. The summed E-state index contributed by atoms with van der Waals surface area (Å²) in [6, 6.07) is 0.233. The number of carboxylic acid groups (broad SMARTS) is 1. The van der Waals surface area contributed by atoms with Crippen LogP contribution in [0.4, 0.5) is 0 Å². The van der Waals surface area contributed by atoms with Crippen LogP contribution in [0.3, 0.4) is 0 Å². The summed E-state index contributed by atoms with van der Waals surface area (Å²) in [6.45, 7) is 0. The Labute approximate surface area is 78.5 Å². The molecular weight excluding hydrogens is 166 g/mol. The van der Waals surface area contributed by atoms with Crippen molar-refractivity contribution in [3.8, 4) is 0 Å². The van der Waals surface area contributed by atoms with Crippen molar-refractivity contribution in [2.24, 2.45) is 5.92 Å². The van der Waals surface area contributed by atoms with Crippen LogP contribution >= 0.6 is 0 Å². The molecule has 0 aliphatic heterocycles. The average Bonchev–Trinajstić information content (AvgIpc) is 2.75. The maximum Gasteiger partial charge on any atom is 0.320 e. The molecule has 3 nitrogen and oxygen atoms in total. The first kappa shape index (κ1) is 9.00. The molecule has 0 aromatic carbocycles. The lowest BCUT2D eigenvalue weighted by atomic mass is 9.98. The lowest BCUT2D eigenvalue weighted by Gasteiger charge is -2.20. The molecule has 1 atom stereocenters. The van der Waals surface area contributed by atoms with E-state index in [0.717, 1.165) is 25.7 Å². The molecule has 13 heavy (non-hydrogen) atoms. The number of carbonyl (C=O) groups is 1. The Morgan fingerprint density at radius 2 is 1.85 bits per heavy atom. The van der Waals surface area contributed by atoms with Gasteiger partial charge in [-0.05, 0) is 31.6 Å². The largest absolute Gasteiger partial charge is 0.480 e. The molecule has 74 valence electrons. The van der Waals surface area contributed by atoms with Gasteiger partial charge in [-0.2, -0.15) is 0 Å². The lowest BCUT2D eigenvalue weighted by Crippen LogP contribution is -2.43. The highest BCUT2D eigenvalue weighted by molar-refractivity contribution is 5.74. The van der Waals surface area contributed by atoms with Crippen LogP contribution < -0.4 is 5.32 Å². The monoisotopic (exact) mass is 183 g/mol. The van der Waals surface area contributed by atoms with Gasteiger partial charge in [-0.1, -0.05) is 12.8 Å². The maximum absolute atomic E-state index is 11.0. The van der Waals surface area contributed by atoms with Crippen LogP contribution in [0.1, 0.15) is 38.5 Å². The zero-order valence-electron chi connectivity index (χ0n) is 7.83. The highest BCUT2D eigenvalue weighted by atomic mass is 16.4. The molecule has 0 aromatic heterocycles. The molecule has 1 unspecified atom stereocenters. The third kappa shape index (κ3) is 2.21. The molecular formula is C10H17NO2. The smallest absolute Gasteiger partial charge is 0.320 e. The molecule has 0 saturated heterocycles. The number of carboxylic acids is 1. The van der Waals surface area contributed by atoms with E-state index in [-0.39, 0.29) is 6.04 Å². The first-order chi connectivity index (χ1) is 6.27. The van der Waals surface area contributed by atoms with Gasteiger partial charge in [0.05, 0.1) is 0 Å². The minimum absolute atomic E-state index is 0.269. The van der Waals surface area contributed by atoms with E-state index >= 15 is 0 Å². The highest BCUT2D eigenvalue weighted by Crippen LogP contribution is 2.30. The molecule has 2 fully saturated rings. The van der Waals surface area contributed by atoms with E-state index in [1.54, 1.807) is 0 Å². The van der Waals surface area contributed by atoms with Crippen molar-refractivity contribution in [3.05, 3.63) is 0 Å². The molecule has 0 bridgehead atoms. The van der Waals surface area contributed by atoms with E-state index in [1.165, 1.54) is 12.8 Å². The Morgan fingerprint density at radius 3 is 2.31 bits per heavy atom. The zero-order chi connectivity index (χ0) is 9.26. The molecule has 3 heteroatoms. The van der Waals surface area contributed by atoms with Crippen LogP contribution in [0.15, 0.2) is 0 Å². The minimum Gasteiger partial charge on any atom is -0.480 e. The fraction of sp³-hybridized carbons (Fsp3) is 0.900. The molecule has 2 rings (SSSR count). The van der Waals surface area contributed by atoms with E-state index in [0.29, 0.717) is 12.0 Å². The van der Waals surface area contributed by atoms with Crippen molar-refractivity contribution in [3.63, 3.8) is 0 Å². The van der Waals surface area contributed by atoms with Gasteiger partial charge in [0.1, 0.15) is 6.04 Å². The van der Waals surface area contributed by atoms with Gasteiger partial charge in [-0.3, -0.25) is 4.79 Å². The molecule has 2 N–H and O–H groups in total. The SMILES string of the molecule is O=C(O)C(NC1CC1)C1CCCC1. The summed E-state index contributed by atoms with van der Waals surface area (Å²) < 4.78 is 0. The Hall–Kier alpha value is -0.570. The number of rotatable bonds is 4. The van der Waals surface area contributed by atoms with Crippen molar-refractivity contribution in [2.75, 3.05) is 0 Å². The van der Waals surface area contributed by atoms with Crippen molar-refractivity contribution in [1.29, 1.82) is 0 Å². The number of hydrogen-bond acceptors (Lipinski definition) is 2. The summed E-state index contributed by atoms with van der Waals surface area (Å²) in [5.74, 6) is -0.267. The van der Waals surface area contributed by atoms with Gasteiger partial charge < -0.3 is 10.4 Å². The molecule has 2 saturated carbocycles. The Kier molecular flexibility index (Phi) is 2.54. The van der Waals surface area contributed by atoms with Crippen molar-refractivity contribution in [1.82, 2.24) is 5.32 Å². The standard InChI is InChI=1S/C10H17NO2/c12-10(13)9(11-8-5-6-8)7-3-1-2-4-7/h7-9,11H,1-6H2,(H,12,13). The van der Waals surface area contributed by atoms with Gasteiger partial charge in [0.2, 0.25) is 0 Å². The second-order valence-electron chi connectivity index (χ2n) is 4.30. The Bertz CT molecular complexity index is 195. The first-order valence-electron chi connectivity index (χ1n) is 5.26. The number of nitrogens with one attached hydrogen (secondary N) is 1. The summed E-state index contributed by atoms with van der Waals surface area (Å²) in [4.78, 5) is 11.0. The van der Waals surface area contributed by atoms with Crippen LogP contribution in [0.5, 0.6) is 0 Å². The molecule has 0 radical (unpaired) electrons. The van der Waals surface area contributed by atoms with Gasteiger partial charge in [-0.15, -0.1) is 0 Å². The molecule has 0 spiro atoms. The van der Waals surface area contributed by atoms with Crippen molar-refractivity contribution < 1.29 is 9.90 Å². The number of hydrogen-bond donors (Lipinski definition) is 2. The van der Waals surface area contributed by atoms with Gasteiger partial charge in [0, 0.05) is 6.04 Å². The van der Waals surface area contributed by atoms with Gasteiger partial charge in [-0.25, -0.2) is 0 Å². The summed E-state index contributed by atoms with van der Waals surface area (Å²) in [5, 5.41) is 12.3. The first-order valence-corrected chi connectivity index (χ1v) is 5.26. The van der Waals surface area contributed by atoms with Crippen LogP contribution in [-0.4, -0.2) is 23.2 Å². The van der Waals surface area contributed by atoms with Crippen LogP contribution in [0, 0.1) is 5.92 Å². The van der Waals surface area contributed by atoms with Crippen LogP contribution in [0.25, 0.3) is 0 Å². The van der Waals surface area contributed by atoms with E-state index in [2.05, 4.69) is 5.32 Å². The highest BCUT2D eigenvalue weighted by Gasteiger charge is 2.34. The topological polar surface area (TPSA) is 49.3 Å². The van der Waals surface area contributed by atoms with E-state index < -0.39 is 5.97 Å². The molecule has 2 aliphatic carbocycles. The lowest BCUT2D eigenvalue weighted by molar-refractivity contribution is -0.141. The summed E-state index contributed by atoms with van der Waals surface area (Å²) >= 11 is 0. The quantitative estimate of drug-likeness (QED) is 0.692. The minimum atomic E-state index is -0.654. The van der Waals surface area contributed by atoms with Crippen LogP contribution in [-0.2, 0) is 4.79 Å². The average molecular weight is 183 g/mol. The van der Waals surface area contributed by atoms with Gasteiger partial charge in [0.15, 0.2) is 0 Å². The fourth-order valence-corrected chi connectivity index (χ4v) is 2.20. The van der Waals surface area contributed by atoms with E-state index in [1.807, 2.05) is 0 Å². The van der Waals surface area contributed by atoms with Crippen molar-refractivity contribution in [2.45, 2.75) is 50.6 Å². The molecule has 0 amide bonds. The predicted molar refractivity (Wildman–Crippen MR) is 49.5 cm³/mol. The predicted octanol–water partition coefficient (Wildman–Crippen LogP) is 1.38. The Morgan fingerprint density at radius 1 is 1.23 bits per heavy atom. The summed E-state index contributed by atoms with van der Waals surface area (Å²) in [7, 11) is 0. The molecule has 0 heterocycles. The van der Waals surface area contributed by atoms with Gasteiger partial charge in [0.25, 0.3) is 0 Å². The van der Waals surface area contributed by atoms with E-state index in [9.17, 15) is 4.79 Å². The maximum atomic E-state index is 11.0. The molecule has 0 aromatic rings. The van der Waals surface area contributed by atoms with Gasteiger partial charge >= 0.3 is 5.97 Å². The third-order valence-corrected chi connectivity index (χ3v) is 3.13.